The summed E-state index contributed by atoms with van der Waals surface area (Å²) in [6.45, 7) is 1.54. The van der Waals surface area contributed by atoms with Crippen LogP contribution in [0.3, 0.4) is 0 Å². The van der Waals surface area contributed by atoms with E-state index in [9.17, 15) is 14.0 Å². The zero-order valence-corrected chi connectivity index (χ0v) is 19.2. The van der Waals surface area contributed by atoms with Crippen molar-refractivity contribution in [3.8, 4) is 11.5 Å². The lowest BCUT2D eigenvalue weighted by Crippen LogP contribution is -2.36. The zero-order chi connectivity index (χ0) is 24.0. The number of nitrogens with zero attached hydrogens (tertiary/aromatic N) is 2. The number of rotatable bonds is 9. The number of halogens is 1. The Morgan fingerprint density at radius 2 is 2.06 bits per heavy atom. The minimum absolute atomic E-state index is 0.0961. The third-order valence-corrected chi connectivity index (χ3v) is 5.93. The first-order chi connectivity index (χ1) is 15.8. The van der Waals surface area contributed by atoms with Gasteiger partial charge in [0.2, 0.25) is 0 Å². The van der Waals surface area contributed by atoms with Crippen molar-refractivity contribution in [1.82, 2.24) is 10.3 Å². The van der Waals surface area contributed by atoms with Gasteiger partial charge in [-0.3, -0.25) is 9.59 Å². The summed E-state index contributed by atoms with van der Waals surface area (Å²) in [5.74, 6) is -0.471. The molecule has 0 bridgehead atoms. The van der Waals surface area contributed by atoms with E-state index in [2.05, 4.69) is 10.4 Å². The van der Waals surface area contributed by atoms with E-state index in [-0.39, 0.29) is 31.1 Å². The SMILES string of the molecule is COc1cc(C(=O)NCC(=O)N(C)/N=C/c2c(C)sc3c(F)cccc23)ccc1OCCO. The lowest BCUT2D eigenvalue weighted by Gasteiger charge is -2.13. The summed E-state index contributed by atoms with van der Waals surface area (Å²) < 4.78 is 25.1. The molecule has 0 unspecified atom stereocenters. The molecular formula is C23H24FN3O5S. The molecular weight excluding hydrogens is 449 g/mol. The summed E-state index contributed by atoms with van der Waals surface area (Å²) in [6.07, 6.45) is 1.52. The molecule has 1 aromatic heterocycles. The summed E-state index contributed by atoms with van der Waals surface area (Å²) in [4.78, 5) is 25.7. The number of fused-ring (bicyclic) bond motifs is 1. The van der Waals surface area contributed by atoms with Crippen molar-refractivity contribution in [1.29, 1.82) is 0 Å². The molecule has 0 saturated carbocycles. The second-order valence-electron chi connectivity index (χ2n) is 6.97. The molecule has 10 heteroatoms. The van der Waals surface area contributed by atoms with Crippen LogP contribution in [0.2, 0.25) is 0 Å². The number of aliphatic hydroxyl groups excluding tert-OH is 1. The Bertz CT molecular complexity index is 1190. The Balaban J connectivity index is 1.62. The molecule has 2 amide bonds. The smallest absolute Gasteiger partial charge is 0.261 e. The number of hydrogen-bond donors (Lipinski definition) is 2. The average Bonchev–Trinajstić information content (AvgIpc) is 3.15. The van der Waals surface area contributed by atoms with Gasteiger partial charge in [0.1, 0.15) is 12.4 Å². The molecule has 174 valence electrons. The first-order valence-electron chi connectivity index (χ1n) is 10.0. The van der Waals surface area contributed by atoms with Gasteiger partial charge in [-0.2, -0.15) is 5.10 Å². The number of benzene rings is 2. The molecule has 2 N–H and O–H groups in total. The highest BCUT2D eigenvalue weighted by atomic mass is 32.1. The third kappa shape index (κ3) is 5.65. The number of aryl methyl sites for hydroxylation is 1. The summed E-state index contributed by atoms with van der Waals surface area (Å²) >= 11 is 1.33. The van der Waals surface area contributed by atoms with Crippen LogP contribution in [0.5, 0.6) is 11.5 Å². The van der Waals surface area contributed by atoms with Crippen LogP contribution < -0.4 is 14.8 Å². The molecule has 0 radical (unpaired) electrons. The highest BCUT2D eigenvalue weighted by Crippen LogP contribution is 2.31. The van der Waals surface area contributed by atoms with Gasteiger partial charge in [-0.1, -0.05) is 12.1 Å². The molecule has 3 aromatic rings. The quantitative estimate of drug-likeness (QED) is 0.368. The molecule has 0 spiro atoms. The van der Waals surface area contributed by atoms with Gasteiger partial charge < -0.3 is 19.9 Å². The molecule has 0 saturated heterocycles. The van der Waals surface area contributed by atoms with Crippen molar-refractivity contribution in [2.75, 3.05) is 33.9 Å². The van der Waals surface area contributed by atoms with Gasteiger partial charge in [0, 0.05) is 28.4 Å². The Labute approximate surface area is 194 Å². The standard InChI is InChI=1S/C23H24FN3O5S/c1-14-17(16-5-4-6-18(24)22(16)33-14)12-26-27(2)21(29)13-25-23(30)15-7-8-19(32-10-9-28)20(11-15)31-3/h4-8,11-12,28H,9-10,13H2,1-3H3,(H,25,30)/b26-12+. The van der Waals surface area contributed by atoms with Crippen molar-refractivity contribution in [2.45, 2.75) is 6.92 Å². The fourth-order valence-corrected chi connectivity index (χ4v) is 4.08. The van der Waals surface area contributed by atoms with Crippen molar-refractivity contribution >= 4 is 39.5 Å². The number of methoxy groups -OCH3 is 1. The van der Waals surface area contributed by atoms with Crippen LogP contribution in [-0.2, 0) is 4.79 Å². The fraction of sp³-hybridized carbons (Fsp3) is 0.261. The van der Waals surface area contributed by atoms with Crippen LogP contribution in [-0.4, -0.2) is 62.1 Å². The number of hydrogen-bond acceptors (Lipinski definition) is 7. The van der Waals surface area contributed by atoms with Gasteiger partial charge in [0.15, 0.2) is 11.5 Å². The Morgan fingerprint density at radius 1 is 1.27 bits per heavy atom. The Hall–Kier alpha value is -3.50. The number of hydrazone groups is 1. The number of aliphatic hydroxyl groups is 1. The van der Waals surface area contributed by atoms with Crippen molar-refractivity contribution < 1.29 is 28.6 Å². The summed E-state index contributed by atoms with van der Waals surface area (Å²) in [7, 11) is 2.91. The van der Waals surface area contributed by atoms with E-state index in [1.54, 1.807) is 18.2 Å². The second-order valence-corrected chi connectivity index (χ2v) is 8.20. The first kappa shape index (κ1) is 24.1. The molecule has 0 aliphatic carbocycles. The van der Waals surface area contributed by atoms with E-state index >= 15 is 0 Å². The lowest BCUT2D eigenvalue weighted by molar-refractivity contribution is -0.128. The predicted octanol–water partition coefficient (Wildman–Crippen LogP) is 2.95. The van der Waals surface area contributed by atoms with Gasteiger partial charge in [0.25, 0.3) is 11.8 Å². The topological polar surface area (TPSA) is 100 Å². The van der Waals surface area contributed by atoms with Gasteiger partial charge in [0.05, 0.1) is 31.2 Å². The maximum absolute atomic E-state index is 14.0. The molecule has 8 nitrogen and oxygen atoms in total. The minimum Gasteiger partial charge on any atom is -0.493 e. The van der Waals surface area contributed by atoms with Crippen LogP contribution in [0, 0.1) is 12.7 Å². The maximum atomic E-state index is 14.0. The summed E-state index contributed by atoms with van der Waals surface area (Å²) in [5.41, 5.74) is 1.03. The molecule has 2 aromatic carbocycles. The highest BCUT2D eigenvalue weighted by Gasteiger charge is 2.15. The Morgan fingerprint density at radius 3 is 2.79 bits per heavy atom. The van der Waals surface area contributed by atoms with E-state index < -0.39 is 11.8 Å². The number of likely N-dealkylation sites (N-methyl/N-ethyl adjacent to an activating group) is 1. The fourth-order valence-electron chi connectivity index (χ4n) is 3.05. The number of carbonyl (C=O) groups excluding carboxylic acids is 2. The van der Waals surface area contributed by atoms with E-state index in [4.69, 9.17) is 14.6 Å². The number of ether oxygens (including phenoxy) is 2. The van der Waals surface area contributed by atoms with Crippen LogP contribution in [0.4, 0.5) is 4.39 Å². The lowest BCUT2D eigenvalue weighted by atomic mass is 10.1. The van der Waals surface area contributed by atoms with Gasteiger partial charge >= 0.3 is 0 Å². The largest absolute Gasteiger partial charge is 0.493 e. The van der Waals surface area contributed by atoms with Crippen LogP contribution in [0.25, 0.3) is 10.1 Å². The maximum Gasteiger partial charge on any atom is 0.261 e. The zero-order valence-electron chi connectivity index (χ0n) is 18.4. The molecule has 0 aliphatic rings. The molecule has 0 fully saturated rings. The van der Waals surface area contributed by atoms with Gasteiger partial charge in [-0.25, -0.2) is 9.40 Å². The van der Waals surface area contributed by atoms with Gasteiger partial charge in [-0.05, 0) is 31.2 Å². The van der Waals surface area contributed by atoms with Crippen molar-refractivity contribution in [3.05, 3.63) is 58.2 Å². The number of amides is 2. The minimum atomic E-state index is -0.470. The average molecular weight is 474 g/mol. The number of nitrogens with one attached hydrogen (secondary N) is 1. The van der Waals surface area contributed by atoms with Gasteiger partial charge in [-0.15, -0.1) is 11.3 Å². The van der Waals surface area contributed by atoms with Crippen LogP contribution in [0.15, 0.2) is 41.5 Å². The third-order valence-electron chi connectivity index (χ3n) is 4.79. The van der Waals surface area contributed by atoms with Crippen molar-refractivity contribution in [3.63, 3.8) is 0 Å². The number of thiophene rings is 1. The summed E-state index contributed by atoms with van der Waals surface area (Å²) in [6, 6.07) is 9.41. The number of carbonyl (C=O) groups is 2. The van der Waals surface area contributed by atoms with Crippen molar-refractivity contribution in [2.24, 2.45) is 5.10 Å². The first-order valence-corrected chi connectivity index (χ1v) is 10.9. The van der Waals surface area contributed by atoms with E-state index in [0.29, 0.717) is 16.2 Å². The van der Waals surface area contributed by atoms with Crippen LogP contribution >= 0.6 is 11.3 Å². The second kappa shape index (κ2) is 10.9. The monoisotopic (exact) mass is 473 g/mol. The van der Waals surface area contributed by atoms with E-state index in [0.717, 1.165) is 20.8 Å². The molecule has 3 rings (SSSR count). The highest BCUT2D eigenvalue weighted by molar-refractivity contribution is 7.19. The molecule has 0 aliphatic heterocycles. The van der Waals surface area contributed by atoms with E-state index in [1.165, 1.54) is 49.9 Å². The Kier molecular flexibility index (Phi) is 7.96. The molecule has 0 atom stereocenters. The predicted molar refractivity (Wildman–Crippen MR) is 125 cm³/mol. The molecule has 1 heterocycles. The van der Waals surface area contributed by atoms with E-state index in [1.807, 2.05) is 6.92 Å². The van der Waals surface area contributed by atoms with Crippen LogP contribution in [0.1, 0.15) is 20.8 Å². The normalized spacial score (nSPS) is 11.1. The molecule has 33 heavy (non-hydrogen) atoms. The summed E-state index contributed by atoms with van der Waals surface area (Å²) in [5, 5.41) is 17.4.